The summed E-state index contributed by atoms with van der Waals surface area (Å²) in [5, 5.41) is 10.1. The van der Waals surface area contributed by atoms with Gasteiger partial charge in [0.15, 0.2) is 5.69 Å². The number of amides is 1. The van der Waals surface area contributed by atoms with Crippen molar-refractivity contribution in [2.75, 3.05) is 6.54 Å². The van der Waals surface area contributed by atoms with Crippen LogP contribution in [-0.4, -0.2) is 48.7 Å². The van der Waals surface area contributed by atoms with Gasteiger partial charge in [0.05, 0.1) is 29.7 Å². The molecule has 0 spiro atoms. The number of rotatable bonds is 4. The van der Waals surface area contributed by atoms with Crippen LogP contribution in [-0.2, 0) is 6.54 Å². The second-order valence-electron chi connectivity index (χ2n) is 6.31. The largest absolute Gasteiger partial charge is 0.327 e. The van der Waals surface area contributed by atoms with E-state index >= 15 is 0 Å². The predicted molar refractivity (Wildman–Crippen MR) is 91.4 cm³/mol. The number of likely N-dealkylation sites (tertiary alicyclic amines) is 1. The lowest BCUT2D eigenvalue weighted by Crippen LogP contribution is -2.36. The summed E-state index contributed by atoms with van der Waals surface area (Å²) < 4.78 is 27.3. The van der Waals surface area contributed by atoms with Gasteiger partial charge in [-0.15, -0.1) is 0 Å². The van der Waals surface area contributed by atoms with E-state index in [0.29, 0.717) is 24.9 Å². The first-order valence-corrected chi connectivity index (χ1v) is 8.50. The van der Waals surface area contributed by atoms with Crippen molar-refractivity contribution in [2.24, 2.45) is 0 Å². The molecule has 1 aliphatic heterocycles. The van der Waals surface area contributed by atoms with Gasteiger partial charge in [0, 0.05) is 6.54 Å². The average Bonchev–Trinajstić information content (AvgIpc) is 3.35. The number of benzene rings is 1. The predicted octanol–water partition coefficient (Wildman–Crippen LogP) is 1.76. The molecule has 4 rings (SSSR count). The Hall–Kier alpha value is -3.17. The Morgan fingerprint density at radius 1 is 1.33 bits per heavy atom. The SMILES string of the molecule is O=C(c1cn[nH]n1)N1CCCC1c1nc2ccccc2c(=O)n1CC(F)F. The van der Waals surface area contributed by atoms with E-state index in [2.05, 4.69) is 20.4 Å². The fourth-order valence-electron chi connectivity index (χ4n) is 3.48. The summed E-state index contributed by atoms with van der Waals surface area (Å²) in [6.07, 6.45) is -0.216. The van der Waals surface area contributed by atoms with Crippen LogP contribution < -0.4 is 5.56 Å². The summed E-state index contributed by atoms with van der Waals surface area (Å²) in [7, 11) is 0. The molecule has 1 N–H and O–H groups in total. The van der Waals surface area contributed by atoms with Gasteiger partial charge in [-0.25, -0.2) is 13.8 Å². The Balaban J connectivity index is 1.84. The lowest BCUT2D eigenvalue weighted by atomic mass is 10.1. The molecule has 0 aliphatic carbocycles. The van der Waals surface area contributed by atoms with Crippen LogP contribution in [0.25, 0.3) is 10.9 Å². The van der Waals surface area contributed by atoms with Crippen LogP contribution in [0.4, 0.5) is 8.78 Å². The van der Waals surface area contributed by atoms with E-state index in [1.54, 1.807) is 24.3 Å². The second kappa shape index (κ2) is 6.86. The number of aromatic amines is 1. The molecule has 0 bridgehead atoms. The maximum absolute atomic E-state index is 13.2. The van der Waals surface area contributed by atoms with Crippen LogP contribution in [0.1, 0.15) is 35.2 Å². The zero-order chi connectivity index (χ0) is 19.0. The first-order valence-electron chi connectivity index (χ1n) is 8.50. The second-order valence-corrected chi connectivity index (χ2v) is 6.31. The van der Waals surface area contributed by atoms with Crippen LogP contribution in [0.5, 0.6) is 0 Å². The van der Waals surface area contributed by atoms with Gasteiger partial charge in [-0.2, -0.15) is 15.4 Å². The number of halogens is 2. The van der Waals surface area contributed by atoms with Crippen molar-refractivity contribution >= 4 is 16.8 Å². The van der Waals surface area contributed by atoms with Gasteiger partial charge in [-0.1, -0.05) is 12.1 Å². The van der Waals surface area contributed by atoms with Gasteiger partial charge in [-0.05, 0) is 25.0 Å². The number of nitrogens with zero attached hydrogens (tertiary/aromatic N) is 5. The van der Waals surface area contributed by atoms with Crippen molar-refractivity contribution in [1.29, 1.82) is 0 Å². The Bertz CT molecular complexity index is 1030. The fraction of sp³-hybridized carbons (Fsp3) is 0.353. The van der Waals surface area contributed by atoms with Gasteiger partial charge in [-0.3, -0.25) is 14.2 Å². The average molecular weight is 374 g/mol. The van der Waals surface area contributed by atoms with Gasteiger partial charge >= 0.3 is 0 Å². The molecule has 1 atom stereocenters. The summed E-state index contributed by atoms with van der Waals surface area (Å²) in [4.78, 5) is 31.5. The van der Waals surface area contributed by atoms with Crippen LogP contribution in [0, 0.1) is 0 Å². The highest BCUT2D eigenvalue weighted by molar-refractivity contribution is 5.92. The fourth-order valence-corrected chi connectivity index (χ4v) is 3.48. The van der Waals surface area contributed by atoms with E-state index in [9.17, 15) is 18.4 Å². The van der Waals surface area contributed by atoms with Crippen molar-refractivity contribution in [3.8, 4) is 0 Å². The highest BCUT2D eigenvalue weighted by Gasteiger charge is 2.35. The number of carbonyl (C=O) groups is 1. The molecule has 0 radical (unpaired) electrons. The highest BCUT2D eigenvalue weighted by Crippen LogP contribution is 2.32. The van der Waals surface area contributed by atoms with Crippen molar-refractivity contribution in [1.82, 2.24) is 29.9 Å². The van der Waals surface area contributed by atoms with E-state index < -0.39 is 24.6 Å². The third-order valence-corrected chi connectivity index (χ3v) is 4.66. The zero-order valence-corrected chi connectivity index (χ0v) is 14.2. The van der Waals surface area contributed by atoms with E-state index in [-0.39, 0.29) is 22.8 Å². The minimum absolute atomic E-state index is 0.130. The topological polar surface area (TPSA) is 96.8 Å². The smallest absolute Gasteiger partial charge is 0.276 e. The minimum Gasteiger partial charge on any atom is -0.327 e. The lowest BCUT2D eigenvalue weighted by molar-refractivity contribution is 0.0714. The molecule has 1 aromatic carbocycles. The third kappa shape index (κ3) is 3.07. The molecule has 1 saturated heterocycles. The monoisotopic (exact) mass is 374 g/mol. The first-order chi connectivity index (χ1) is 13.1. The number of H-pyrrole nitrogens is 1. The molecule has 8 nitrogen and oxygen atoms in total. The highest BCUT2D eigenvalue weighted by atomic mass is 19.3. The molecule has 1 aliphatic rings. The number of carbonyl (C=O) groups excluding carboxylic acids is 1. The maximum Gasteiger partial charge on any atom is 0.276 e. The van der Waals surface area contributed by atoms with Gasteiger partial charge in [0.2, 0.25) is 0 Å². The van der Waals surface area contributed by atoms with Crippen LogP contribution in [0.3, 0.4) is 0 Å². The molecular formula is C17H16F2N6O2. The summed E-state index contributed by atoms with van der Waals surface area (Å²) >= 11 is 0. The Kier molecular flexibility index (Phi) is 4.38. The molecule has 0 saturated carbocycles. The van der Waals surface area contributed by atoms with Crippen molar-refractivity contribution in [2.45, 2.75) is 31.9 Å². The van der Waals surface area contributed by atoms with Crippen molar-refractivity contribution in [3.63, 3.8) is 0 Å². The molecule has 1 amide bonds. The maximum atomic E-state index is 13.2. The number of alkyl halides is 2. The van der Waals surface area contributed by atoms with Crippen molar-refractivity contribution < 1.29 is 13.6 Å². The first kappa shape index (κ1) is 17.3. The summed E-state index contributed by atoms with van der Waals surface area (Å²) in [6, 6.07) is 6.02. The van der Waals surface area contributed by atoms with E-state index in [0.717, 1.165) is 4.57 Å². The van der Waals surface area contributed by atoms with Gasteiger partial charge in [0.25, 0.3) is 17.9 Å². The van der Waals surface area contributed by atoms with Crippen LogP contribution in [0.15, 0.2) is 35.3 Å². The standard InChI is InChI=1S/C17H16F2N6O2/c18-14(19)9-25-15(21-11-5-2-1-4-10(11)16(25)26)13-6-3-7-24(13)17(27)12-8-20-23-22-12/h1-2,4-5,8,13-14H,3,6-7,9H2,(H,20,22,23). The molecule has 10 heteroatoms. The number of nitrogens with one attached hydrogen (secondary N) is 1. The van der Waals surface area contributed by atoms with E-state index in [1.807, 2.05) is 0 Å². The van der Waals surface area contributed by atoms with Crippen LogP contribution >= 0.6 is 0 Å². The molecule has 2 aromatic heterocycles. The summed E-state index contributed by atoms with van der Waals surface area (Å²) in [5.41, 5.74) is 0.0193. The number of aromatic nitrogens is 5. The molecule has 27 heavy (non-hydrogen) atoms. The van der Waals surface area contributed by atoms with Gasteiger partial charge < -0.3 is 4.90 Å². The Morgan fingerprint density at radius 3 is 2.89 bits per heavy atom. The molecule has 3 heterocycles. The Labute approximate surface area is 151 Å². The zero-order valence-electron chi connectivity index (χ0n) is 14.2. The molecule has 3 aromatic rings. The number of hydrogen-bond donors (Lipinski definition) is 1. The molecule has 140 valence electrons. The van der Waals surface area contributed by atoms with E-state index in [4.69, 9.17) is 0 Å². The molecule has 1 unspecified atom stereocenters. The van der Waals surface area contributed by atoms with Crippen LogP contribution in [0.2, 0.25) is 0 Å². The number of para-hydroxylation sites is 1. The molecular weight excluding hydrogens is 358 g/mol. The minimum atomic E-state index is -2.72. The quantitative estimate of drug-likeness (QED) is 0.751. The summed E-state index contributed by atoms with van der Waals surface area (Å²) in [5.74, 6) is -0.203. The Morgan fingerprint density at radius 2 is 2.15 bits per heavy atom. The molecule has 1 fully saturated rings. The third-order valence-electron chi connectivity index (χ3n) is 4.66. The normalized spacial score (nSPS) is 17.1. The summed E-state index contributed by atoms with van der Waals surface area (Å²) in [6.45, 7) is -0.345. The number of fused-ring (bicyclic) bond motifs is 1. The van der Waals surface area contributed by atoms with E-state index in [1.165, 1.54) is 11.1 Å². The van der Waals surface area contributed by atoms with Gasteiger partial charge in [0.1, 0.15) is 5.82 Å². The lowest BCUT2D eigenvalue weighted by Gasteiger charge is -2.26. The van der Waals surface area contributed by atoms with Crippen molar-refractivity contribution in [3.05, 3.63) is 52.3 Å². The number of hydrogen-bond acceptors (Lipinski definition) is 5.